The summed E-state index contributed by atoms with van der Waals surface area (Å²) in [6.45, 7) is 3.32. The van der Waals surface area contributed by atoms with E-state index in [4.69, 9.17) is 23.2 Å². The van der Waals surface area contributed by atoms with Crippen LogP contribution in [0.25, 0.3) is 0 Å². The van der Waals surface area contributed by atoms with Gasteiger partial charge in [0.25, 0.3) is 11.8 Å². The van der Waals surface area contributed by atoms with E-state index in [1.165, 1.54) is 17.0 Å². The second-order valence-electron chi connectivity index (χ2n) is 6.28. The Morgan fingerprint density at radius 3 is 2.08 bits per heavy atom. The lowest BCUT2D eigenvalue weighted by molar-refractivity contribution is 0.0535. The Balaban J connectivity index is 1.43. The molecular formula is C18H16Cl2N4O2. The minimum atomic E-state index is -0.323. The normalized spacial score (nSPS) is 17.8. The number of carbonyl (C=O) groups excluding carboxylic acids is 2. The van der Waals surface area contributed by atoms with Crippen LogP contribution >= 0.6 is 23.2 Å². The molecule has 0 radical (unpaired) electrons. The summed E-state index contributed by atoms with van der Waals surface area (Å²) in [5, 5.41) is 0.551. The molecule has 1 aromatic carbocycles. The third kappa shape index (κ3) is 3.05. The third-order valence-electron chi connectivity index (χ3n) is 4.70. The molecule has 1 saturated heterocycles. The molecule has 0 N–H and O–H groups in total. The van der Waals surface area contributed by atoms with Crippen molar-refractivity contribution < 1.29 is 9.59 Å². The zero-order chi connectivity index (χ0) is 18.3. The first-order chi connectivity index (χ1) is 12.5. The maximum Gasteiger partial charge on any atom is 0.262 e. The van der Waals surface area contributed by atoms with Crippen molar-refractivity contribution in [2.75, 3.05) is 37.7 Å². The van der Waals surface area contributed by atoms with Crippen LogP contribution in [0.2, 0.25) is 10.0 Å². The Labute approximate surface area is 160 Å². The van der Waals surface area contributed by atoms with Gasteiger partial charge < -0.3 is 4.90 Å². The molecule has 1 fully saturated rings. The van der Waals surface area contributed by atoms with E-state index in [1.807, 2.05) is 18.2 Å². The van der Waals surface area contributed by atoms with E-state index in [0.717, 1.165) is 32.0 Å². The van der Waals surface area contributed by atoms with E-state index in [-0.39, 0.29) is 28.5 Å². The maximum atomic E-state index is 12.6. The van der Waals surface area contributed by atoms with E-state index in [2.05, 4.69) is 14.8 Å². The number of hydrogen-bond acceptors (Lipinski definition) is 5. The molecule has 6 nitrogen and oxygen atoms in total. The largest absolute Gasteiger partial charge is 0.354 e. The lowest BCUT2D eigenvalue weighted by Gasteiger charge is -2.36. The number of fused-ring (bicyclic) bond motifs is 1. The smallest absolute Gasteiger partial charge is 0.262 e. The van der Waals surface area contributed by atoms with Gasteiger partial charge in [0.05, 0.1) is 27.8 Å². The van der Waals surface area contributed by atoms with Gasteiger partial charge in [-0.25, -0.2) is 4.98 Å². The number of imide groups is 1. The van der Waals surface area contributed by atoms with Crippen LogP contribution in [-0.2, 0) is 0 Å². The van der Waals surface area contributed by atoms with E-state index >= 15 is 0 Å². The summed E-state index contributed by atoms with van der Waals surface area (Å²) in [5.41, 5.74) is 0.632. The number of amides is 2. The van der Waals surface area contributed by atoms with E-state index < -0.39 is 0 Å². The summed E-state index contributed by atoms with van der Waals surface area (Å²) in [6.07, 6.45) is 1.77. The van der Waals surface area contributed by atoms with E-state index in [9.17, 15) is 9.59 Å². The molecule has 2 amide bonds. The Bertz CT molecular complexity index is 826. The van der Waals surface area contributed by atoms with Crippen molar-refractivity contribution in [1.82, 2.24) is 14.8 Å². The molecule has 0 bridgehead atoms. The average Bonchev–Trinajstić information content (AvgIpc) is 2.88. The minimum Gasteiger partial charge on any atom is -0.354 e. The number of aromatic nitrogens is 1. The van der Waals surface area contributed by atoms with E-state index in [0.29, 0.717) is 11.1 Å². The van der Waals surface area contributed by atoms with Crippen molar-refractivity contribution in [3.8, 4) is 0 Å². The monoisotopic (exact) mass is 390 g/mol. The first-order valence-electron chi connectivity index (χ1n) is 8.28. The maximum absolute atomic E-state index is 12.6. The molecule has 0 atom stereocenters. The van der Waals surface area contributed by atoms with Crippen molar-refractivity contribution in [3.63, 3.8) is 0 Å². The number of benzene rings is 1. The molecule has 4 rings (SSSR count). The topological polar surface area (TPSA) is 56.8 Å². The third-order valence-corrected chi connectivity index (χ3v) is 5.42. The van der Waals surface area contributed by atoms with Gasteiger partial charge in [-0.1, -0.05) is 29.3 Å². The molecule has 26 heavy (non-hydrogen) atoms. The van der Waals surface area contributed by atoms with Gasteiger partial charge in [-0.3, -0.25) is 19.4 Å². The number of hydrogen-bond donors (Lipinski definition) is 0. The summed E-state index contributed by atoms with van der Waals surface area (Å²) in [4.78, 5) is 35.1. The Morgan fingerprint density at radius 1 is 0.923 bits per heavy atom. The van der Waals surface area contributed by atoms with Gasteiger partial charge in [0.15, 0.2) is 0 Å². The molecule has 0 unspecified atom stereocenters. The van der Waals surface area contributed by atoms with Crippen LogP contribution < -0.4 is 4.90 Å². The van der Waals surface area contributed by atoms with Crippen LogP contribution in [-0.4, -0.2) is 59.4 Å². The highest BCUT2D eigenvalue weighted by Crippen LogP contribution is 2.31. The minimum absolute atomic E-state index is 0.262. The number of piperazine rings is 1. The van der Waals surface area contributed by atoms with Gasteiger partial charge in [0.1, 0.15) is 5.82 Å². The molecule has 0 aliphatic carbocycles. The van der Waals surface area contributed by atoms with Crippen LogP contribution in [0.3, 0.4) is 0 Å². The Hall–Kier alpha value is -2.15. The van der Waals surface area contributed by atoms with Crippen molar-refractivity contribution in [1.29, 1.82) is 0 Å². The highest BCUT2D eigenvalue weighted by Gasteiger charge is 2.37. The van der Waals surface area contributed by atoms with Gasteiger partial charge in [-0.15, -0.1) is 0 Å². The Kier molecular flexibility index (Phi) is 4.56. The number of carbonyl (C=O) groups is 2. The lowest BCUT2D eigenvalue weighted by Crippen LogP contribution is -2.51. The number of halogens is 2. The first-order valence-corrected chi connectivity index (χ1v) is 9.04. The number of nitrogens with zero attached hydrogens (tertiary/aromatic N) is 4. The Morgan fingerprint density at radius 2 is 1.54 bits per heavy atom. The summed E-state index contributed by atoms with van der Waals surface area (Å²) in [7, 11) is 0. The molecule has 134 valence electrons. The van der Waals surface area contributed by atoms with Gasteiger partial charge in [0, 0.05) is 32.4 Å². The molecule has 0 saturated carbocycles. The van der Waals surface area contributed by atoms with Crippen LogP contribution in [0.15, 0.2) is 36.5 Å². The van der Waals surface area contributed by atoms with Crippen molar-refractivity contribution >= 4 is 40.8 Å². The van der Waals surface area contributed by atoms with Crippen LogP contribution in [0.5, 0.6) is 0 Å². The van der Waals surface area contributed by atoms with Gasteiger partial charge in [-0.05, 0) is 24.3 Å². The van der Waals surface area contributed by atoms with E-state index in [1.54, 1.807) is 6.20 Å². The molecule has 0 spiro atoms. The molecule has 2 aliphatic rings. The van der Waals surface area contributed by atoms with Crippen LogP contribution in [0, 0.1) is 0 Å². The molecular weight excluding hydrogens is 375 g/mol. The fraction of sp³-hybridized carbons (Fsp3) is 0.278. The van der Waals surface area contributed by atoms with Crippen LogP contribution in [0.4, 0.5) is 5.82 Å². The van der Waals surface area contributed by atoms with Crippen molar-refractivity contribution in [3.05, 3.63) is 57.7 Å². The number of anilines is 1. The van der Waals surface area contributed by atoms with Crippen molar-refractivity contribution in [2.24, 2.45) is 0 Å². The molecule has 2 aliphatic heterocycles. The second kappa shape index (κ2) is 6.87. The SMILES string of the molecule is O=C1c2cc(Cl)c(Cl)cc2C(=O)N1CN1CCN(c2ccccn2)CC1. The number of pyridine rings is 1. The fourth-order valence-corrected chi connectivity index (χ4v) is 3.60. The summed E-state index contributed by atoms with van der Waals surface area (Å²) in [6, 6.07) is 8.77. The highest BCUT2D eigenvalue weighted by molar-refractivity contribution is 6.43. The predicted octanol–water partition coefficient (Wildman–Crippen LogP) is 2.76. The van der Waals surface area contributed by atoms with Gasteiger partial charge in [-0.2, -0.15) is 0 Å². The summed E-state index contributed by atoms with van der Waals surface area (Å²) >= 11 is 12.0. The van der Waals surface area contributed by atoms with Crippen LogP contribution in [0.1, 0.15) is 20.7 Å². The quantitative estimate of drug-likeness (QED) is 0.754. The zero-order valence-corrected chi connectivity index (χ0v) is 15.4. The molecule has 3 heterocycles. The second-order valence-corrected chi connectivity index (χ2v) is 7.10. The molecule has 2 aromatic rings. The standard InChI is InChI=1S/C18H16Cl2N4O2/c19-14-9-12-13(10-15(14)20)18(26)24(17(12)25)11-22-5-7-23(8-6-22)16-3-1-2-4-21-16/h1-4,9-10H,5-8,11H2. The predicted molar refractivity (Wildman–Crippen MR) is 99.9 cm³/mol. The molecule has 1 aromatic heterocycles. The summed E-state index contributed by atoms with van der Waals surface area (Å²) < 4.78 is 0. The van der Waals surface area contributed by atoms with Crippen molar-refractivity contribution in [2.45, 2.75) is 0 Å². The zero-order valence-electron chi connectivity index (χ0n) is 13.9. The fourth-order valence-electron chi connectivity index (χ4n) is 3.27. The first kappa shape index (κ1) is 17.3. The van der Waals surface area contributed by atoms with Gasteiger partial charge >= 0.3 is 0 Å². The average molecular weight is 391 g/mol. The highest BCUT2D eigenvalue weighted by atomic mass is 35.5. The lowest BCUT2D eigenvalue weighted by atomic mass is 10.1. The summed E-state index contributed by atoms with van der Waals surface area (Å²) in [5.74, 6) is 0.295. The van der Waals surface area contributed by atoms with Gasteiger partial charge in [0.2, 0.25) is 0 Å². The number of rotatable bonds is 3. The molecule has 8 heteroatoms.